The van der Waals surface area contributed by atoms with E-state index in [1.165, 1.54) is 0 Å². The fourth-order valence-electron chi connectivity index (χ4n) is 2.88. The van der Waals surface area contributed by atoms with Gasteiger partial charge in [0.05, 0.1) is 16.2 Å². The average Bonchev–Trinajstić information content (AvgIpc) is 2.81. The van der Waals surface area contributed by atoms with Crippen LogP contribution in [0.3, 0.4) is 0 Å². The zero-order chi connectivity index (χ0) is 18.0. The van der Waals surface area contributed by atoms with Gasteiger partial charge in [-0.1, -0.05) is 5.16 Å². The molecular formula is C16H28N4O3S. The summed E-state index contributed by atoms with van der Waals surface area (Å²) in [6.45, 7) is 11.7. The van der Waals surface area contributed by atoms with Crippen molar-refractivity contribution in [3.63, 3.8) is 0 Å². The number of sulfone groups is 1. The third-order valence-corrected chi connectivity index (χ3v) is 7.02. The molecule has 1 aliphatic heterocycles. The Hall–Kier alpha value is -1.57. The molecule has 0 unspecified atom stereocenters. The molecule has 0 bridgehead atoms. The summed E-state index contributed by atoms with van der Waals surface area (Å²) >= 11 is 0. The standard InChI is InChI=1S/C16H28N4O3S/c1-6-17-15(18-8-7-14-12(2)19-23-13(14)3)20-9-10-24(21,22)16(4,5)11-20/h6-11H2,1-5H3,(H,17,18). The van der Waals surface area contributed by atoms with Gasteiger partial charge in [0.2, 0.25) is 0 Å². The van der Waals surface area contributed by atoms with E-state index in [-0.39, 0.29) is 5.75 Å². The Balaban J connectivity index is 2.09. The number of hydrogen-bond donors (Lipinski definition) is 1. The Morgan fingerprint density at radius 2 is 2.12 bits per heavy atom. The maximum atomic E-state index is 12.2. The van der Waals surface area contributed by atoms with Crippen molar-refractivity contribution in [2.45, 2.75) is 45.8 Å². The number of aliphatic imine (C=N–C) groups is 1. The zero-order valence-electron chi connectivity index (χ0n) is 15.2. The molecule has 1 N–H and O–H groups in total. The SMILES string of the molecule is CCNC(=NCCc1c(C)noc1C)N1CCS(=O)(=O)C(C)(C)C1. The molecule has 1 aromatic rings. The molecule has 0 spiro atoms. The van der Waals surface area contributed by atoms with Crippen LogP contribution < -0.4 is 5.32 Å². The van der Waals surface area contributed by atoms with Crippen molar-refractivity contribution in [1.82, 2.24) is 15.4 Å². The highest BCUT2D eigenvalue weighted by molar-refractivity contribution is 7.92. The van der Waals surface area contributed by atoms with Gasteiger partial charge in [0.1, 0.15) is 5.76 Å². The Kier molecular flexibility index (Phi) is 5.57. The molecule has 1 aliphatic rings. The van der Waals surface area contributed by atoms with Crippen molar-refractivity contribution >= 4 is 15.8 Å². The van der Waals surface area contributed by atoms with Gasteiger partial charge in [-0.3, -0.25) is 4.99 Å². The van der Waals surface area contributed by atoms with Crippen molar-refractivity contribution in [3.8, 4) is 0 Å². The summed E-state index contributed by atoms with van der Waals surface area (Å²) in [6.07, 6.45) is 0.756. The van der Waals surface area contributed by atoms with Crippen LogP contribution in [-0.2, 0) is 16.3 Å². The van der Waals surface area contributed by atoms with Crippen LogP contribution in [0.15, 0.2) is 9.52 Å². The average molecular weight is 356 g/mol. The summed E-state index contributed by atoms with van der Waals surface area (Å²) in [6, 6.07) is 0. The van der Waals surface area contributed by atoms with Crippen LogP contribution in [0.1, 0.15) is 37.8 Å². The maximum Gasteiger partial charge on any atom is 0.194 e. The zero-order valence-corrected chi connectivity index (χ0v) is 16.0. The van der Waals surface area contributed by atoms with Crippen LogP contribution in [-0.4, -0.2) is 61.1 Å². The fraction of sp³-hybridized carbons (Fsp3) is 0.750. The van der Waals surface area contributed by atoms with Gasteiger partial charge >= 0.3 is 0 Å². The van der Waals surface area contributed by atoms with Crippen LogP contribution in [0, 0.1) is 13.8 Å². The van der Waals surface area contributed by atoms with Gasteiger partial charge in [0.15, 0.2) is 15.8 Å². The maximum absolute atomic E-state index is 12.2. The summed E-state index contributed by atoms with van der Waals surface area (Å²) in [4.78, 5) is 6.71. The van der Waals surface area contributed by atoms with E-state index in [1.54, 1.807) is 13.8 Å². The molecule has 0 aromatic carbocycles. The van der Waals surface area contributed by atoms with E-state index in [1.807, 2.05) is 25.7 Å². The highest BCUT2D eigenvalue weighted by Gasteiger charge is 2.40. The minimum absolute atomic E-state index is 0.161. The Morgan fingerprint density at radius 1 is 1.42 bits per heavy atom. The van der Waals surface area contributed by atoms with Gasteiger partial charge in [0, 0.05) is 31.7 Å². The third kappa shape index (κ3) is 3.91. The molecule has 1 aromatic heterocycles. The molecule has 1 saturated heterocycles. The molecule has 1 fully saturated rings. The predicted molar refractivity (Wildman–Crippen MR) is 95.1 cm³/mol. The van der Waals surface area contributed by atoms with Gasteiger partial charge in [-0.05, 0) is 41.0 Å². The molecular weight excluding hydrogens is 328 g/mol. The van der Waals surface area contributed by atoms with Gasteiger partial charge in [-0.15, -0.1) is 0 Å². The number of guanidine groups is 1. The van der Waals surface area contributed by atoms with Crippen molar-refractivity contribution in [2.24, 2.45) is 4.99 Å². The monoisotopic (exact) mass is 356 g/mol. The Morgan fingerprint density at radius 3 is 2.67 bits per heavy atom. The molecule has 0 aliphatic carbocycles. The highest BCUT2D eigenvalue weighted by Crippen LogP contribution is 2.23. The van der Waals surface area contributed by atoms with Crippen LogP contribution in [0.2, 0.25) is 0 Å². The number of nitrogens with one attached hydrogen (secondary N) is 1. The third-order valence-electron chi connectivity index (χ3n) is 4.48. The van der Waals surface area contributed by atoms with Crippen molar-refractivity contribution in [2.75, 3.05) is 31.9 Å². The first kappa shape index (κ1) is 18.8. The van der Waals surface area contributed by atoms with Crippen LogP contribution in [0.5, 0.6) is 0 Å². The molecule has 7 nitrogen and oxygen atoms in total. The fourth-order valence-corrected chi connectivity index (χ4v) is 4.25. The van der Waals surface area contributed by atoms with Gasteiger partial charge in [-0.2, -0.15) is 0 Å². The van der Waals surface area contributed by atoms with Gasteiger partial charge in [0.25, 0.3) is 0 Å². The summed E-state index contributed by atoms with van der Waals surface area (Å²) in [7, 11) is -3.05. The van der Waals surface area contributed by atoms with Gasteiger partial charge in [-0.25, -0.2) is 8.42 Å². The lowest BCUT2D eigenvalue weighted by molar-refractivity contribution is 0.353. The Bertz CT molecular complexity index is 687. The second kappa shape index (κ2) is 7.13. The lowest BCUT2D eigenvalue weighted by atomic mass is 10.1. The lowest BCUT2D eigenvalue weighted by Crippen LogP contribution is -2.57. The molecule has 24 heavy (non-hydrogen) atoms. The first-order valence-electron chi connectivity index (χ1n) is 8.35. The van der Waals surface area contributed by atoms with E-state index in [4.69, 9.17) is 4.52 Å². The summed E-state index contributed by atoms with van der Waals surface area (Å²) in [5.41, 5.74) is 1.99. The van der Waals surface area contributed by atoms with Crippen LogP contribution >= 0.6 is 0 Å². The molecule has 2 heterocycles. The normalized spacial score (nSPS) is 20.2. The van der Waals surface area contributed by atoms with Crippen LogP contribution in [0.4, 0.5) is 0 Å². The topological polar surface area (TPSA) is 87.8 Å². The number of aryl methyl sites for hydroxylation is 2. The molecule has 0 saturated carbocycles. The molecule has 136 valence electrons. The minimum Gasteiger partial charge on any atom is -0.361 e. The largest absolute Gasteiger partial charge is 0.361 e. The molecule has 2 rings (SSSR count). The van der Waals surface area contributed by atoms with Crippen molar-refractivity contribution in [1.29, 1.82) is 0 Å². The molecule has 0 radical (unpaired) electrons. The first-order valence-corrected chi connectivity index (χ1v) is 10.0. The number of nitrogens with zero attached hydrogens (tertiary/aromatic N) is 3. The van der Waals surface area contributed by atoms with Gasteiger partial charge < -0.3 is 14.7 Å². The summed E-state index contributed by atoms with van der Waals surface area (Å²) in [5, 5.41) is 7.23. The predicted octanol–water partition coefficient (Wildman–Crippen LogP) is 1.31. The van der Waals surface area contributed by atoms with Crippen molar-refractivity contribution in [3.05, 3.63) is 17.0 Å². The second-order valence-electron chi connectivity index (χ2n) is 6.79. The van der Waals surface area contributed by atoms with Crippen LogP contribution in [0.25, 0.3) is 0 Å². The van der Waals surface area contributed by atoms with E-state index in [2.05, 4.69) is 15.5 Å². The summed E-state index contributed by atoms with van der Waals surface area (Å²) in [5.74, 6) is 1.76. The number of aromatic nitrogens is 1. The van der Waals surface area contributed by atoms with E-state index >= 15 is 0 Å². The highest BCUT2D eigenvalue weighted by atomic mass is 32.2. The van der Waals surface area contributed by atoms with E-state index in [9.17, 15) is 8.42 Å². The quantitative estimate of drug-likeness (QED) is 0.646. The van der Waals surface area contributed by atoms with Crippen molar-refractivity contribution < 1.29 is 12.9 Å². The van der Waals surface area contributed by atoms with E-state index in [0.717, 1.165) is 35.9 Å². The van der Waals surface area contributed by atoms with E-state index in [0.29, 0.717) is 19.6 Å². The Labute approximate surface area is 144 Å². The minimum atomic E-state index is -3.05. The molecule has 0 atom stereocenters. The second-order valence-corrected chi connectivity index (χ2v) is 9.53. The molecule has 0 amide bonds. The smallest absolute Gasteiger partial charge is 0.194 e. The molecule has 8 heteroatoms. The van der Waals surface area contributed by atoms with E-state index < -0.39 is 14.6 Å². The number of rotatable bonds is 4. The summed E-state index contributed by atoms with van der Waals surface area (Å²) < 4.78 is 28.8. The lowest BCUT2D eigenvalue weighted by Gasteiger charge is -2.39. The first-order chi connectivity index (χ1) is 11.2. The number of hydrogen-bond acceptors (Lipinski definition) is 5.